The Bertz CT molecular complexity index is 295. The van der Waals surface area contributed by atoms with E-state index in [9.17, 15) is 4.79 Å². The third-order valence-corrected chi connectivity index (χ3v) is 2.13. The van der Waals surface area contributed by atoms with Crippen molar-refractivity contribution in [1.29, 1.82) is 0 Å². The monoisotopic (exact) mass is 211 g/mol. The summed E-state index contributed by atoms with van der Waals surface area (Å²) in [5.41, 5.74) is 0. The predicted molar refractivity (Wildman–Crippen MR) is 54.7 cm³/mol. The number of rotatable bonds is 5. The molecule has 0 aliphatic carbocycles. The number of aromatic nitrogens is 4. The highest BCUT2D eigenvalue weighted by molar-refractivity contribution is 5.75. The Morgan fingerprint density at radius 2 is 2.27 bits per heavy atom. The molecule has 0 fully saturated rings. The van der Waals surface area contributed by atoms with E-state index >= 15 is 0 Å². The maximum Gasteiger partial charge on any atom is 0.222 e. The van der Waals surface area contributed by atoms with Crippen LogP contribution in [0.15, 0.2) is 0 Å². The SMILES string of the molecule is CC(C)CCC(=O)N(C)Cc1nn[nH]n1. The average molecular weight is 211 g/mol. The number of nitrogens with zero attached hydrogens (tertiary/aromatic N) is 4. The molecule has 1 aromatic heterocycles. The van der Waals surface area contributed by atoms with Crippen LogP contribution >= 0.6 is 0 Å². The molecule has 1 amide bonds. The number of amides is 1. The fraction of sp³-hybridized carbons (Fsp3) is 0.778. The van der Waals surface area contributed by atoms with Crippen LogP contribution in [0.4, 0.5) is 0 Å². The molecule has 0 spiro atoms. The van der Waals surface area contributed by atoms with Gasteiger partial charge in [-0.1, -0.05) is 19.1 Å². The molecule has 0 saturated carbocycles. The molecule has 6 heteroatoms. The van der Waals surface area contributed by atoms with Gasteiger partial charge in [-0.2, -0.15) is 5.21 Å². The number of hydrogen-bond donors (Lipinski definition) is 1. The largest absolute Gasteiger partial charge is 0.338 e. The number of carbonyl (C=O) groups excluding carboxylic acids is 1. The number of tetrazole rings is 1. The van der Waals surface area contributed by atoms with Gasteiger partial charge in [0.25, 0.3) is 0 Å². The highest BCUT2D eigenvalue weighted by Gasteiger charge is 2.11. The topological polar surface area (TPSA) is 74.8 Å². The van der Waals surface area contributed by atoms with Crippen LogP contribution in [0.25, 0.3) is 0 Å². The van der Waals surface area contributed by atoms with Gasteiger partial charge >= 0.3 is 0 Å². The molecular weight excluding hydrogens is 194 g/mol. The zero-order chi connectivity index (χ0) is 11.3. The molecular formula is C9H17N5O. The van der Waals surface area contributed by atoms with E-state index in [-0.39, 0.29) is 5.91 Å². The molecule has 0 unspecified atom stereocenters. The van der Waals surface area contributed by atoms with Crippen molar-refractivity contribution >= 4 is 5.91 Å². The molecule has 0 atom stereocenters. The minimum Gasteiger partial charge on any atom is -0.338 e. The summed E-state index contributed by atoms with van der Waals surface area (Å²) in [6.07, 6.45) is 1.49. The first-order valence-corrected chi connectivity index (χ1v) is 5.06. The third-order valence-electron chi connectivity index (χ3n) is 2.13. The minimum absolute atomic E-state index is 0.119. The van der Waals surface area contributed by atoms with Crippen LogP contribution in [0.3, 0.4) is 0 Å². The molecule has 0 aliphatic heterocycles. The van der Waals surface area contributed by atoms with E-state index in [2.05, 4.69) is 34.5 Å². The van der Waals surface area contributed by atoms with E-state index in [0.717, 1.165) is 6.42 Å². The lowest BCUT2D eigenvalue weighted by Gasteiger charge is -2.15. The predicted octanol–water partition coefficient (Wildman–Crippen LogP) is 0.594. The summed E-state index contributed by atoms with van der Waals surface area (Å²) in [5, 5.41) is 13.4. The van der Waals surface area contributed by atoms with Crippen LogP contribution in [0.5, 0.6) is 0 Å². The third kappa shape index (κ3) is 4.05. The average Bonchev–Trinajstić information content (AvgIpc) is 2.66. The molecule has 1 N–H and O–H groups in total. The van der Waals surface area contributed by atoms with Gasteiger partial charge in [0.05, 0.1) is 6.54 Å². The van der Waals surface area contributed by atoms with Crippen molar-refractivity contribution in [3.8, 4) is 0 Å². The molecule has 0 radical (unpaired) electrons. The first kappa shape index (κ1) is 11.6. The van der Waals surface area contributed by atoms with Crippen LogP contribution < -0.4 is 0 Å². The zero-order valence-electron chi connectivity index (χ0n) is 9.40. The summed E-state index contributed by atoms with van der Waals surface area (Å²) >= 11 is 0. The Hall–Kier alpha value is -1.46. The fourth-order valence-electron chi connectivity index (χ4n) is 1.15. The highest BCUT2D eigenvalue weighted by atomic mass is 16.2. The molecule has 84 valence electrons. The van der Waals surface area contributed by atoms with Crippen molar-refractivity contribution in [2.75, 3.05) is 7.05 Å². The van der Waals surface area contributed by atoms with Crippen LogP contribution in [0.1, 0.15) is 32.5 Å². The fourth-order valence-corrected chi connectivity index (χ4v) is 1.15. The Morgan fingerprint density at radius 1 is 1.53 bits per heavy atom. The lowest BCUT2D eigenvalue weighted by atomic mass is 10.1. The Labute approximate surface area is 89.0 Å². The van der Waals surface area contributed by atoms with Gasteiger partial charge in [0, 0.05) is 13.5 Å². The molecule has 1 heterocycles. The molecule has 0 saturated heterocycles. The standard InChI is InChI=1S/C9H17N5O/c1-7(2)4-5-9(15)14(3)6-8-10-12-13-11-8/h7H,4-6H2,1-3H3,(H,10,11,12,13). The second kappa shape index (κ2) is 5.43. The summed E-state index contributed by atoms with van der Waals surface area (Å²) < 4.78 is 0. The van der Waals surface area contributed by atoms with Gasteiger partial charge in [-0.05, 0) is 12.3 Å². The van der Waals surface area contributed by atoms with E-state index in [0.29, 0.717) is 24.7 Å². The van der Waals surface area contributed by atoms with Gasteiger partial charge in [-0.15, -0.1) is 10.2 Å². The van der Waals surface area contributed by atoms with Crippen molar-refractivity contribution in [2.45, 2.75) is 33.2 Å². The summed E-state index contributed by atoms with van der Waals surface area (Å²) in [5.74, 6) is 1.21. The van der Waals surface area contributed by atoms with E-state index < -0.39 is 0 Å². The van der Waals surface area contributed by atoms with Crippen molar-refractivity contribution in [1.82, 2.24) is 25.5 Å². The van der Waals surface area contributed by atoms with E-state index in [4.69, 9.17) is 0 Å². The second-order valence-corrected chi connectivity index (χ2v) is 4.01. The minimum atomic E-state index is 0.119. The number of aromatic amines is 1. The first-order valence-electron chi connectivity index (χ1n) is 5.06. The number of carbonyl (C=O) groups is 1. The van der Waals surface area contributed by atoms with Gasteiger partial charge in [-0.25, -0.2) is 0 Å². The summed E-state index contributed by atoms with van der Waals surface area (Å²) in [6.45, 7) is 4.62. The lowest BCUT2D eigenvalue weighted by molar-refractivity contribution is -0.130. The maximum atomic E-state index is 11.6. The van der Waals surface area contributed by atoms with E-state index in [1.807, 2.05) is 0 Å². The van der Waals surface area contributed by atoms with Crippen LogP contribution in [-0.2, 0) is 11.3 Å². The summed E-state index contributed by atoms with van der Waals surface area (Å²) in [6, 6.07) is 0. The molecule has 15 heavy (non-hydrogen) atoms. The van der Waals surface area contributed by atoms with Gasteiger partial charge in [0.2, 0.25) is 5.91 Å². The molecule has 0 aromatic carbocycles. The highest BCUT2D eigenvalue weighted by Crippen LogP contribution is 2.06. The van der Waals surface area contributed by atoms with Crippen LogP contribution in [-0.4, -0.2) is 38.5 Å². The number of hydrogen-bond acceptors (Lipinski definition) is 4. The molecule has 1 rings (SSSR count). The van der Waals surface area contributed by atoms with Gasteiger partial charge < -0.3 is 4.90 Å². The van der Waals surface area contributed by atoms with E-state index in [1.54, 1.807) is 11.9 Å². The van der Waals surface area contributed by atoms with Gasteiger partial charge in [0.15, 0.2) is 5.82 Å². The quantitative estimate of drug-likeness (QED) is 0.773. The van der Waals surface area contributed by atoms with Crippen molar-refractivity contribution < 1.29 is 4.79 Å². The Morgan fingerprint density at radius 3 is 2.80 bits per heavy atom. The van der Waals surface area contributed by atoms with Gasteiger partial charge in [-0.3, -0.25) is 4.79 Å². The molecule has 0 bridgehead atoms. The summed E-state index contributed by atoms with van der Waals surface area (Å²) in [4.78, 5) is 13.2. The number of nitrogens with one attached hydrogen (secondary N) is 1. The van der Waals surface area contributed by atoms with Crippen molar-refractivity contribution in [3.05, 3.63) is 5.82 Å². The maximum absolute atomic E-state index is 11.6. The summed E-state index contributed by atoms with van der Waals surface area (Å²) in [7, 11) is 1.75. The first-order chi connectivity index (χ1) is 7.09. The van der Waals surface area contributed by atoms with Gasteiger partial charge in [0.1, 0.15) is 0 Å². The normalized spacial score (nSPS) is 10.7. The smallest absolute Gasteiger partial charge is 0.222 e. The molecule has 1 aromatic rings. The van der Waals surface area contributed by atoms with Crippen molar-refractivity contribution in [3.63, 3.8) is 0 Å². The molecule has 6 nitrogen and oxygen atoms in total. The van der Waals surface area contributed by atoms with Crippen molar-refractivity contribution in [2.24, 2.45) is 5.92 Å². The lowest BCUT2D eigenvalue weighted by Crippen LogP contribution is -2.26. The molecule has 0 aliphatic rings. The Balaban J connectivity index is 2.33. The Kier molecular flexibility index (Phi) is 4.20. The number of H-pyrrole nitrogens is 1. The van der Waals surface area contributed by atoms with E-state index in [1.165, 1.54) is 0 Å². The second-order valence-electron chi connectivity index (χ2n) is 4.01. The zero-order valence-corrected chi connectivity index (χ0v) is 9.40. The van der Waals surface area contributed by atoms with Crippen LogP contribution in [0, 0.1) is 5.92 Å². The van der Waals surface area contributed by atoms with Crippen LogP contribution in [0.2, 0.25) is 0 Å².